The van der Waals surface area contributed by atoms with E-state index in [-0.39, 0.29) is 0 Å². The molecule has 2 rings (SSSR count). The van der Waals surface area contributed by atoms with E-state index in [0.717, 1.165) is 16.4 Å². The van der Waals surface area contributed by atoms with Crippen molar-refractivity contribution < 1.29 is 9.53 Å². The fourth-order valence-corrected chi connectivity index (χ4v) is 2.00. The van der Waals surface area contributed by atoms with E-state index in [2.05, 4.69) is 10.1 Å². The van der Waals surface area contributed by atoms with Gasteiger partial charge in [-0.3, -0.25) is 0 Å². The van der Waals surface area contributed by atoms with Crippen molar-refractivity contribution in [1.29, 1.82) is 0 Å². The van der Waals surface area contributed by atoms with Gasteiger partial charge >= 0.3 is 5.97 Å². The number of carbonyl (C=O) groups is 1. The standard InChI is InChI=1S/C9H11N3O2S/c1-3-7-11-12-5-6(8(13)14-4-2)10-9(12)15-7/h5H,3-4H2,1-2H3. The Hall–Kier alpha value is -1.43. The number of rotatable bonds is 3. The van der Waals surface area contributed by atoms with Crippen LogP contribution in [0.15, 0.2) is 6.20 Å². The van der Waals surface area contributed by atoms with Crippen molar-refractivity contribution in [1.82, 2.24) is 14.6 Å². The summed E-state index contributed by atoms with van der Waals surface area (Å²) in [7, 11) is 0. The molecule has 5 nitrogen and oxygen atoms in total. The van der Waals surface area contributed by atoms with Crippen LogP contribution in [0.1, 0.15) is 29.3 Å². The molecular formula is C9H11N3O2S. The second kappa shape index (κ2) is 3.98. The van der Waals surface area contributed by atoms with Crippen LogP contribution in [-0.2, 0) is 11.2 Å². The number of hydrogen-bond donors (Lipinski definition) is 0. The van der Waals surface area contributed by atoms with Crippen LogP contribution in [0.4, 0.5) is 0 Å². The van der Waals surface area contributed by atoms with Crippen molar-refractivity contribution in [3.8, 4) is 0 Å². The fourth-order valence-electron chi connectivity index (χ4n) is 1.19. The Balaban J connectivity index is 2.32. The summed E-state index contributed by atoms with van der Waals surface area (Å²) in [5.74, 6) is -0.395. The lowest BCUT2D eigenvalue weighted by Gasteiger charge is -1.95. The predicted octanol–water partition coefficient (Wildman–Crippen LogP) is 1.53. The van der Waals surface area contributed by atoms with E-state index in [4.69, 9.17) is 4.74 Å². The molecule has 2 aromatic heterocycles. The molecule has 0 saturated carbocycles. The van der Waals surface area contributed by atoms with Crippen LogP contribution in [-0.4, -0.2) is 27.2 Å². The quantitative estimate of drug-likeness (QED) is 0.743. The van der Waals surface area contributed by atoms with E-state index >= 15 is 0 Å². The summed E-state index contributed by atoms with van der Waals surface area (Å²) in [5.41, 5.74) is 0.318. The van der Waals surface area contributed by atoms with Gasteiger partial charge < -0.3 is 4.74 Å². The molecule has 0 aliphatic heterocycles. The van der Waals surface area contributed by atoms with Gasteiger partial charge in [-0.05, 0) is 13.3 Å². The van der Waals surface area contributed by atoms with Gasteiger partial charge in [-0.25, -0.2) is 14.3 Å². The third-order valence-corrected chi connectivity index (χ3v) is 2.94. The van der Waals surface area contributed by atoms with E-state index < -0.39 is 5.97 Å². The lowest BCUT2D eigenvalue weighted by Crippen LogP contribution is -2.04. The average Bonchev–Trinajstić information content (AvgIpc) is 2.74. The first-order valence-corrected chi connectivity index (χ1v) is 5.58. The van der Waals surface area contributed by atoms with Crippen LogP contribution in [0.25, 0.3) is 4.96 Å². The molecule has 0 aliphatic carbocycles. The highest BCUT2D eigenvalue weighted by Crippen LogP contribution is 2.15. The minimum absolute atomic E-state index is 0.318. The maximum absolute atomic E-state index is 11.3. The van der Waals surface area contributed by atoms with Crippen molar-refractivity contribution in [3.05, 3.63) is 16.9 Å². The number of aryl methyl sites for hydroxylation is 1. The molecule has 0 unspecified atom stereocenters. The van der Waals surface area contributed by atoms with Crippen molar-refractivity contribution >= 4 is 22.3 Å². The van der Waals surface area contributed by atoms with E-state index in [1.54, 1.807) is 17.6 Å². The molecule has 0 aromatic carbocycles. The first kappa shape index (κ1) is 10.1. The van der Waals surface area contributed by atoms with Gasteiger partial charge in [-0.1, -0.05) is 18.3 Å². The van der Waals surface area contributed by atoms with Crippen molar-refractivity contribution in [2.24, 2.45) is 0 Å². The van der Waals surface area contributed by atoms with Gasteiger partial charge in [-0.2, -0.15) is 5.10 Å². The highest BCUT2D eigenvalue weighted by molar-refractivity contribution is 7.16. The molecule has 0 bridgehead atoms. The molecule has 0 fully saturated rings. The number of fused-ring (bicyclic) bond motifs is 1. The number of imidazole rings is 1. The molecule has 0 radical (unpaired) electrons. The minimum atomic E-state index is -0.395. The first-order valence-electron chi connectivity index (χ1n) is 4.76. The Morgan fingerprint density at radius 2 is 2.40 bits per heavy atom. The highest BCUT2D eigenvalue weighted by atomic mass is 32.1. The third-order valence-electron chi connectivity index (χ3n) is 1.87. The Morgan fingerprint density at radius 1 is 1.60 bits per heavy atom. The minimum Gasteiger partial charge on any atom is -0.461 e. The van der Waals surface area contributed by atoms with Crippen LogP contribution in [0.3, 0.4) is 0 Å². The lowest BCUT2D eigenvalue weighted by molar-refractivity contribution is 0.0520. The summed E-state index contributed by atoms with van der Waals surface area (Å²) in [4.78, 5) is 16.2. The Bertz CT molecular complexity index is 457. The van der Waals surface area contributed by atoms with Crippen LogP contribution in [0, 0.1) is 0 Å². The zero-order valence-corrected chi connectivity index (χ0v) is 9.37. The summed E-state index contributed by atoms with van der Waals surface area (Å²) in [5, 5.41) is 5.27. The van der Waals surface area contributed by atoms with E-state index in [1.165, 1.54) is 11.3 Å². The van der Waals surface area contributed by atoms with Crippen LogP contribution < -0.4 is 0 Å². The molecule has 0 N–H and O–H groups in total. The Kier molecular flexibility index (Phi) is 2.68. The monoisotopic (exact) mass is 225 g/mol. The summed E-state index contributed by atoms with van der Waals surface area (Å²) >= 11 is 1.49. The zero-order valence-electron chi connectivity index (χ0n) is 8.56. The topological polar surface area (TPSA) is 56.5 Å². The normalized spacial score (nSPS) is 10.8. The molecule has 15 heavy (non-hydrogen) atoms. The average molecular weight is 225 g/mol. The molecule has 0 spiro atoms. The molecule has 0 saturated heterocycles. The number of esters is 1. The van der Waals surface area contributed by atoms with Crippen LogP contribution in [0.2, 0.25) is 0 Å². The molecule has 0 atom stereocenters. The van der Waals surface area contributed by atoms with E-state index in [1.807, 2.05) is 6.92 Å². The van der Waals surface area contributed by atoms with Gasteiger partial charge in [0.05, 0.1) is 12.8 Å². The van der Waals surface area contributed by atoms with Gasteiger partial charge in [0.1, 0.15) is 5.01 Å². The molecule has 2 aromatic rings. The molecule has 0 aliphatic rings. The highest BCUT2D eigenvalue weighted by Gasteiger charge is 2.13. The molecule has 0 amide bonds. The predicted molar refractivity (Wildman–Crippen MR) is 56.2 cm³/mol. The van der Waals surface area contributed by atoms with E-state index in [9.17, 15) is 4.79 Å². The van der Waals surface area contributed by atoms with Crippen molar-refractivity contribution in [3.63, 3.8) is 0 Å². The Morgan fingerprint density at radius 3 is 3.00 bits per heavy atom. The zero-order chi connectivity index (χ0) is 10.8. The second-order valence-corrected chi connectivity index (χ2v) is 3.96. The molecular weight excluding hydrogens is 214 g/mol. The maximum atomic E-state index is 11.3. The first-order chi connectivity index (χ1) is 7.24. The maximum Gasteiger partial charge on any atom is 0.358 e. The largest absolute Gasteiger partial charge is 0.461 e. The number of hydrogen-bond acceptors (Lipinski definition) is 5. The van der Waals surface area contributed by atoms with Crippen LogP contribution in [0.5, 0.6) is 0 Å². The number of carbonyl (C=O) groups excluding carboxylic acids is 1. The molecule has 80 valence electrons. The summed E-state index contributed by atoms with van der Waals surface area (Å²) in [6.45, 7) is 4.16. The summed E-state index contributed by atoms with van der Waals surface area (Å²) < 4.78 is 6.47. The summed E-state index contributed by atoms with van der Waals surface area (Å²) in [6.07, 6.45) is 2.48. The van der Waals surface area contributed by atoms with Gasteiger partial charge in [0.25, 0.3) is 0 Å². The summed E-state index contributed by atoms with van der Waals surface area (Å²) in [6, 6.07) is 0. The third kappa shape index (κ3) is 1.85. The fraction of sp³-hybridized carbons (Fsp3) is 0.444. The smallest absolute Gasteiger partial charge is 0.358 e. The van der Waals surface area contributed by atoms with Gasteiger partial charge in [-0.15, -0.1) is 0 Å². The molecule has 6 heteroatoms. The lowest BCUT2D eigenvalue weighted by atomic mass is 10.5. The number of nitrogens with zero attached hydrogens (tertiary/aromatic N) is 3. The van der Waals surface area contributed by atoms with Gasteiger partial charge in [0.2, 0.25) is 4.96 Å². The van der Waals surface area contributed by atoms with E-state index in [0.29, 0.717) is 12.3 Å². The SMILES string of the molecule is CCOC(=O)c1cn2nc(CC)sc2n1. The Labute approximate surface area is 90.7 Å². The second-order valence-electron chi connectivity index (χ2n) is 2.92. The van der Waals surface area contributed by atoms with Gasteiger partial charge in [0, 0.05) is 0 Å². The van der Waals surface area contributed by atoms with Crippen molar-refractivity contribution in [2.45, 2.75) is 20.3 Å². The van der Waals surface area contributed by atoms with Crippen LogP contribution >= 0.6 is 11.3 Å². The number of ether oxygens (including phenoxy) is 1. The van der Waals surface area contributed by atoms with Gasteiger partial charge in [0.15, 0.2) is 5.69 Å². The number of aromatic nitrogens is 3. The van der Waals surface area contributed by atoms with Crippen molar-refractivity contribution in [2.75, 3.05) is 6.61 Å². The molecule has 2 heterocycles.